The molecule has 0 amide bonds. The van der Waals surface area contributed by atoms with Crippen LogP contribution in [0.3, 0.4) is 0 Å². The molecular weight excluding hydrogens is 192 g/mol. The van der Waals surface area contributed by atoms with E-state index in [4.69, 9.17) is 0 Å². The second-order valence-corrected chi connectivity index (χ2v) is 4.37. The quantitative estimate of drug-likeness (QED) is 0.554. The Labute approximate surface area is 100 Å². The van der Waals surface area contributed by atoms with Crippen molar-refractivity contribution in [3.63, 3.8) is 0 Å². The van der Waals surface area contributed by atoms with Crippen molar-refractivity contribution in [2.45, 2.75) is 51.4 Å². The third-order valence-corrected chi connectivity index (χ3v) is 2.96. The summed E-state index contributed by atoms with van der Waals surface area (Å²) >= 11 is 0. The molecule has 0 radical (unpaired) electrons. The molecule has 0 heterocycles. The van der Waals surface area contributed by atoms with Gasteiger partial charge >= 0.3 is 0 Å². The van der Waals surface area contributed by atoms with Gasteiger partial charge in [0.15, 0.2) is 0 Å². The molecule has 88 valence electrons. The van der Waals surface area contributed by atoms with E-state index in [1.165, 1.54) is 56.9 Å². The molecule has 2 aliphatic carbocycles. The average Bonchev–Trinajstić information content (AvgIpc) is 2.30. The minimum atomic E-state index is 1.25. The minimum Gasteiger partial charge on any atom is -0.0988 e. The highest BCUT2D eigenvalue weighted by atomic mass is 14.0. The standard InChI is InChI=1S/2C8H12/c1-2-8-6-4-3-5-7-8;1-2-4-6-8-7-5-3-1/h2,6H,1,3-5,7H2;1-4H,5-8H2. The van der Waals surface area contributed by atoms with Gasteiger partial charge in [-0.2, -0.15) is 0 Å². The molecule has 0 aliphatic heterocycles. The average molecular weight is 216 g/mol. The second kappa shape index (κ2) is 9.21. The zero-order chi connectivity index (χ0) is 11.5. The van der Waals surface area contributed by atoms with Crippen LogP contribution >= 0.6 is 0 Å². The molecule has 16 heavy (non-hydrogen) atoms. The largest absolute Gasteiger partial charge is 0.0988 e. The molecule has 0 spiro atoms. The Morgan fingerprint density at radius 1 is 0.875 bits per heavy atom. The van der Waals surface area contributed by atoms with Crippen LogP contribution in [0.1, 0.15) is 51.4 Å². The van der Waals surface area contributed by atoms with Crippen molar-refractivity contribution in [1.82, 2.24) is 0 Å². The molecule has 0 heteroatoms. The van der Waals surface area contributed by atoms with Crippen molar-refractivity contribution in [2.24, 2.45) is 0 Å². The summed E-state index contributed by atoms with van der Waals surface area (Å²) in [6.45, 7) is 3.72. The van der Waals surface area contributed by atoms with Crippen LogP contribution < -0.4 is 0 Å². The third-order valence-electron chi connectivity index (χ3n) is 2.96. The van der Waals surface area contributed by atoms with Crippen LogP contribution in [0.15, 0.2) is 48.6 Å². The Morgan fingerprint density at radius 2 is 1.50 bits per heavy atom. The molecule has 0 saturated heterocycles. The summed E-state index contributed by atoms with van der Waals surface area (Å²) in [5, 5.41) is 0. The van der Waals surface area contributed by atoms with Crippen molar-refractivity contribution >= 4 is 0 Å². The first kappa shape index (κ1) is 13.0. The molecule has 2 aliphatic rings. The molecule has 0 N–H and O–H groups in total. The fourth-order valence-corrected chi connectivity index (χ4v) is 1.92. The van der Waals surface area contributed by atoms with Gasteiger partial charge in [-0.1, -0.05) is 48.6 Å². The Hall–Kier alpha value is -1.04. The van der Waals surface area contributed by atoms with Crippen molar-refractivity contribution < 1.29 is 0 Å². The highest BCUT2D eigenvalue weighted by molar-refractivity contribution is 5.17. The summed E-state index contributed by atoms with van der Waals surface area (Å²) in [7, 11) is 0. The summed E-state index contributed by atoms with van der Waals surface area (Å²) in [5.41, 5.74) is 1.44. The molecular formula is C16H24. The topological polar surface area (TPSA) is 0 Å². The lowest BCUT2D eigenvalue weighted by molar-refractivity contribution is 0.712. The van der Waals surface area contributed by atoms with Crippen molar-refractivity contribution in [1.29, 1.82) is 0 Å². The molecule has 0 unspecified atom stereocenters. The predicted octanol–water partition coefficient (Wildman–Crippen LogP) is 5.35. The van der Waals surface area contributed by atoms with Crippen LogP contribution in [0.25, 0.3) is 0 Å². The Balaban J connectivity index is 0.000000160. The first-order chi connectivity index (χ1) is 7.93. The fraction of sp³-hybridized carbons (Fsp3) is 0.500. The number of hydrogen-bond acceptors (Lipinski definition) is 0. The molecule has 0 bridgehead atoms. The van der Waals surface area contributed by atoms with Crippen LogP contribution in [-0.4, -0.2) is 0 Å². The van der Waals surface area contributed by atoms with Gasteiger partial charge in [-0.25, -0.2) is 0 Å². The van der Waals surface area contributed by atoms with Gasteiger partial charge in [0.25, 0.3) is 0 Å². The normalized spacial score (nSPS) is 19.9. The van der Waals surface area contributed by atoms with Crippen molar-refractivity contribution in [2.75, 3.05) is 0 Å². The lowest BCUT2D eigenvalue weighted by atomic mass is 10.0. The Kier molecular flexibility index (Phi) is 7.49. The molecule has 0 atom stereocenters. The van der Waals surface area contributed by atoms with E-state index in [2.05, 4.69) is 37.0 Å². The minimum absolute atomic E-state index is 1.25. The summed E-state index contributed by atoms with van der Waals surface area (Å²) < 4.78 is 0. The summed E-state index contributed by atoms with van der Waals surface area (Å²) in [4.78, 5) is 0. The zero-order valence-corrected chi connectivity index (χ0v) is 10.3. The first-order valence-corrected chi connectivity index (χ1v) is 6.56. The first-order valence-electron chi connectivity index (χ1n) is 6.56. The van der Waals surface area contributed by atoms with E-state index in [-0.39, 0.29) is 0 Å². The van der Waals surface area contributed by atoms with Crippen molar-refractivity contribution in [3.05, 3.63) is 48.6 Å². The van der Waals surface area contributed by atoms with E-state index in [0.717, 1.165) is 0 Å². The lowest BCUT2D eigenvalue weighted by Crippen LogP contribution is -1.86. The smallest absolute Gasteiger partial charge is 0.0282 e. The van der Waals surface area contributed by atoms with E-state index in [1.54, 1.807) is 0 Å². The molecule has 0 aromatic carbocycles. The van der Waals surface area contributed by atoms with E-state index in [9.17, 15) is 0 Å². The van der Waals surface area contributed by atoms with E-state index < -0.39 is 0 Å². The monoisotopic (exact) mass is 216 g/mol. The molecule has 0 aromatic rings. The fourth-order valence-electron chi connectivity index (χ4n) is 1.92. The molecule has 0 saturated carbocycles. The van der Waals surface area contributed by atoms with Crippen LogP contribution in [-0.2, 0) is 0 Å². The van der Waals surface area contributed by atoms with Gasteiger partial charge in [-0.05, 0) is 51.4 Å². The maximum atomic E-state index is 3.72. The van der Waals surface area contributed by atoms with Crippen LogP contribution in [0, 0.1) is 0 Å². The molecule has 0 fully saturated rings. The van der Waals surface area contributed by atoms with Gasteiger partial charge in [0.05, 0.1) is 0 Å². The van der Waals surface area contributed by atoms with Gasteiger partial charge in [-0.15, -0.1) is 0 Å². The molecule has 0 nitrogen and oxygen atoms in total. The highest BCUT2D eigenvalue weighted by Gasteiger charge is 1.97. The Bertz CT molecular complexity index is 252. The van der Waals surface area contributed by atoms with Crippen LogP contribution in [0.5, 0.6) is 0 Å². The number of rotatable bonds is 1. The number of allylic oxidation sites excluding steroid dienone is 7. The summed E-state index contributed by atoms with van der Waals surface area (Å²) in [6.07, 6.45) is 23.5. The van der Waals surface area contributed by atoms with Gasteiger partial charge < -0.3 is 0 Å². The predicted molar refractivity (Wildman–Crippen MR) is 73.5 cm³/mol. The van der Waals surface area contributed by atoms with E-state index in [1.807, 2.05) is 6.08 Å². The van der Waals surface area contributed by atoms with Gasteiger partial charge in [0.2, 0.25) is 0 Å². The second-order valence-electron chi connectivity index (χ2n) is 4.37. The zero-order valence-electron chi connectivity index (χ0n) is 10.3. The lowest BCUT2D eigenvalue weighted by Gasteiger charge is -2.06. The van der Waals surface area contributed by atoms with E-state index >= 15 is 0 Å². The summed E-state index contributed by atoms with van der Waals surface area (Å²) in [6, 6.07) is 0. The van der Waals surface area contributed by atoms with Crippen LogP contribution in [0.4, 0.5) is 0 Å². The third kappa shape index (κ3) is 6.44. The maximum absolute atomic E-state index is 3.72. The molecule has 2 rings (SSSR count). The number of hydrogen-bond donors (Lipinski definition) is 0. The van der Waals surface area contributed by atoms with Gasteiger partial charge in [-0.3, -0.25) is 0 Å². The van der Waals surface area contributed by atoms with Gasteiger partial charge in [0, 0.05) is 0 Å². The molecule has 0 aromatic heterocycles. The van der Waals surface area contributed by atoms with E-state index in [0.29, 0.717) is 0 Å². The summed E-state index contributed by atoms with van der Waals surface area (Å²) in [5.74, 6) is 0. The van der Waals surface area contributed by atoms with Crippen LogP contribution in [0.2, 0.25) is 0 Å². The van der Waals surface area contributed by atoms with Gasteiger partial charge in [0.1, 0.15) is 0 Å². The maximum Gasteiger partial charge on any atom is -0.0282 e. The SMILES string of the molecule is C1=CCCCCC=C1.C=CC1=CCCCC1. The highest BCUT2D eigenvalue weighted by Crippen LogP contribution is 2.16. The Morgan fingerprint density at radius 3 is 1.94 bits per heavy atom. The van der Waals surface area contributed by atoms with Crippen molar-refractivity contribution in [3.8, 4) is 0 Å².